The van der Waals surface area contributed by atoms with Gasteiger partial charge < -0.3 is 15.2 Å². The summed E-state index contributed by atoms with van der Waals surface area (Å²) in [6.07, 6.45) is -1.60. The summed E-state index contributed by atoms with van der Waals surface area (Å²) >= 11 is 0. The third kappa shape index (κ3) is 5.42. The number of aliphatic hydroxyl groups is 1. The molecule has 0 aliphatic heterocycles. The molecule has 1 aromatic carbocycles. The first kappa shape index (κ1) is 17.6. The van der Waals surface area contributed by atoms with E-state index in [2.05, 4.69) is 5.32 Å². The Hall–Kier alpha value is -1.76. The zero-order chi connectivity index (χ0) is 16.9. The van der Waals surface area contributed by atoms with E-state index < -0.39 is 17.8 Å². The molecule has 1 atom stereocenters. The summed E-state index contributed by atoms with van der Waals surface area (Å²) in [7, 11) is 0. The monoisotopic (exact) mass is 331 g/mol. The summed E-state index contributed by atoms with van der Waals surface area (Å²) in [5, 5.41) is 12.4. The summed E-state index contributed by atoms with van der Waals surface area (Å²) in [5.41, 5.74) is -0.806. The van der Waals surface area contributed by atoms with E-state index in [-0.39, 0.29) is 30.7 Å². The molecule has 128 valence electrons. The van der Waals surface area contributed by atoms with Crippen LogP contribution in [0.3, 0.4) is 0 Å². The van der Waals surface area contributed by atoms with Gasteiger partial charge >= 0.3 is 6.18 Å². The minimum Gasteiger partial charge on any atom is -0.491 e. The first-order valence-electron chi connectivity index (χ1n) is 7.62. The van der Waals surface area contributed by atoms with Crippen molar-refractivity contribution in [1.29, 1.82) is 0 Å². The normalized spacial score (nSPS) is 17.0. The van der Waals surface area contributed by atoms with Crippen LogP contribution in [0, 0.1) is 5.92 Å². The molecule has 2 rings (SSSR count). The molecule has 4 nitrogen and oxygen atoms in total. The quantitative estimate of drug-likeness (QED) is 0.843. The highest BCUT2D eigenvalue weighted by Crippen LogP contribution is 2.31. The van der Waals surface area contributed by atoms with Crippen molar-refractivity contribution in [2.75, 3.05) is 13.2 Å². The minimum absolute atomic E-state index is 0.00610. The molecule has 1 aliphatic carbocycles. The summed E-state index contributed by atoms with van der Waals surface area (Å²) < 4.78 is 42.9. The van der Waals surface area contributed by atoms with Crippen molar-refractivity contribution >= 4 is 5.91 Å². The van der Waals surface area contributed by atoms with Crippen molar-refractivity contribution in [3.63, 3.8) is 0 Å². The van der Waals surface area contributed by atoms with Crippen LogP contribution in [0.1, 0.15) is 31.2 Å². The van der Waals surface area contributed by atoms with Gasteiger partial charge in [-0.05, 0) is 31.0 Å². The van der Waals surface area contributed by atoms with Crippen LogP contribution in [0.25, 0.3) is 0 Å². The molecule has 1 saturated carbocycles. The molecule has 0 radical (unpaired) electrons. The predicted molar refractivity (Wildman–Crippen MR) is 77.9 cm³/mol. The van der Waals surface area contributed by atoms with Gasteiger partial charge in [-0.15, -0.1) is 0 Å². The molecule has 1 aliphatic rings. The number of amides is 1. The third-order valence-electron chi connectivity index (χ3n) is 3.84. The van der Waals surface area contributed by atoms with Crippen molar-refractivity contribution in [2.24, 2.45) is 5.92 Å². The summed E-state index contributed by atoms with van der Waals surface area (Å²) in [6.45, 7) is -0.166. The minimum atomic E-state index is -4.44. The highest BCUT2D eigenvalue weighted by Gasteiger charge is 2.30. The van der Waals surface area contributed by atoms with Gasteiger partial charge in [0.25, 0.3) is 0 Å². The third-order valence-corrected chi connectivity index (χ3v) is 3.84. The Morgan fingerprint density at radius 3 is 2.70 bits per heavy atom. The molecule has 1 aromatic rings. The second-order valence-corrected chi connectivity index (χ2v) is 5.72. The molecule has 1 fully saturated rings. The Labute approximate surface area is 132 Å². The standard InChI is InChI=1S/C16H20F3NO3/c17-16(18,19)12-6-3-7-14(8-12)23-10-13(21)9-20-15(22)11-4-1-2-5-11/h3,6-8,11,13,21H,1-2,4-5,9-10H2,(H,20,22)/t13-/m0/s1. The van der Waals surface area contributed by atoms with Gasteiger partial charge in [0.05, 0.1) is 5.56 Å². The van der Waals surface area contributed by atoms with E-state index in [0.29, 0.717) is 0 Å². The van der Waals surface area contributed by atoms with E-state index in [9.17, 15) is 23.1 Å². The number of benzene rings is 1. The van der Waals surface area contributed by atoms with Crippen LogP contribution < -0.4 is 10.1 Å². The Bertz CT molecular complexity index is 528. The number of aliphatic hydroxyl groups excluding tert-OH is 1. The average molecular weight is 331 g/mol. The molecule has 0 saturated heterocycles. The van der Waals surface area contributed by atoms with E-state index in [1.165, 1.54) is 12.1 Å². The van der Waals surface area contributed by atoms with Gasteiger partial charge in [-0.25, -0.2) is 0 Å². The summed E-state index contributed by atoms with van der Waals surface area (Å²) in [6, 6.07) is 4.46. The van der Waals surface area contributed by atoms with Crippen molar-refractivity contribution in [1.82, 2.24) is 5.32 Å². The number of hydrogen-bond acceptors (Lipinski definition) is 3. The van der Waals surface area contributed by atoms with Crippen LogP contribution in [0.2, 0.25) is 0 Å². The lowest BCUT2D eigenvalue weighted by atomic mass is 10.1. The number of alkyl halides is 3. The largest absolute Gasteiger partial charge is 0.491 e. The van der Waals surface area contributed by atoms with Gasteiger partial charge in [-0.3, -0.25) is 4.79 Å². The van der Waals surface area contributed by atoms with Gasteiger partial charge in [0.2, 0.25) is 5.91 Å². The fraction of sp³-hybridized carbons (Fsp3) is 0.562. The number of ether oxygens (including phenoxy) is 1. The van der Waals surface area contributed by atoms with Crippen molar-refractivity contribution in [2.45, 2.75) is 38.0 Å². The lowest BCUT2D eigenvalue weighted by Gasteiger charge is -2.16. The first-order chi connectivity index (χ1) is 10.9. The predicted octanol–water partition coefficient (Wildman–Crippen LogP) is 2.75. The lowest BCUT2D eigenvalue weighted by molar-refractivity contribution is -0.137. The van der Waals surface area contributed by atoms with Crippen LogP contribution in [0.5, 0.6) is 5.75 Å². The molecule has 23 heavy (non-hydrogen) atoms. The number of hydrogen-bond donors (Lipinski definition) is 2. The van der Waals surface area contributed by atoms with E-state index in [1.54, 1.807) is 0 Å². The molecule has 1 amide bonds. The van der Waals surface area contributed by atoms with Crippen LogP contribution >= 0.6 is 0 Å². The number of rotatable bonds is 6. The molecular weight excluding hydrogens is 311 g/mol. The van der Waals surface area contributed by atoms with Crippen LogP contribution in [-0.2, 0) is 11.0 Å². The number of halogens is 3. The van der Waals surface area contributed by atoms with Crippen LogP contribution in [0.4, 0.5) is 13.2 Å². The van der Waals surface area contributed by atoms with Gasteiger partial charge in [0.15, 0.2) is 0 Å². The Balaban J connectivity index is 1.75. The number of carbonyl (C=O) groups excluding carboxylic acids is 1. The van der Waals surface area contributed by atoms with Gasteiger partial charge in [-0.1, -0.05) is 18.9 Å². The van der Waals surface area contributed by atoms with Crippen molar-refractivity contribution in [3.8, 4) is 5.75 Å². The molecule has 0 heterocycles. The van der Waals surface area contributed by atoms with E-state index >= 15 is 0 Å². The molecule has 0 aromatic heterocycles. The van der Waals surface area contributed by atoms with E-state index in [4.69, 9.17) is 4.74 Å². The van der Waals surface area contributed by atoms with Crippen molar-refractivity contribution < 1.29 is 27.8 Å². The molecule has 0 spiro atoms. The molecule has 2 N–H and O–H groups in total. The molecule has 0 bridgehead atoms. The fourth-order valence-electron chi connectivity index (χ4n) is 2.56. The molecule has 7 heteroatoms. The maximum atomic E-state index is 12.6. The fourth-order valence-corrected chi connectivity index (χ4v) is 2.56. The first-order valence-corrected chi connectivity index (χ1v) is 7.62. The molecular formula is C16H20F3NO3. The lowest BCUT2D eigenvalue weighted by Crippen LogP contribution is -2.37. The van der Waals surface area contributed by atoms with Crippen LogP contribution in [-0.4, -0.2) is 30.3 Å². The summed E-state index contributed by atoms with van der Waals surface area (Å²) in [5.74, 6) is -0.0480. The highest BCUT2D eigenvalue weighted by molar-refractivity contribution is 5.78. The Morgan fingerprint density at radius 2 is 2.04 bits per heavy atom. The van der Waals surface area contributed by atoms with Gasteiger partial charge in [-0.2, -0.15) is 13.2 Å². The Kier molecular flexibility index (Phi) is 5.87. The van der Waals surface area contributed by atoms with Gasteiger partial charge in [0.1, 0.15) is 18.5 Å². The SMILES string of the molecule is O=C(NC[C@H](O)COc1cccc(C(F)(F)F)c1)C1CCCC1. The second-order valence-electron chi connectivity index (χ2n) is 5.72. The Morgan fingerprint density at radius 1 is 1.35 bits per heavy atom. The zero-order valence-corrected chi connectivity index (χ0v) is 12.6. The zero-order valence-electron chi connectivity index (χ0n) is 12.6. The maximum Gasteiger partial charge on any atom is 0.416 e. The average Bonchev–Trinajstić information content (AvgIpc) is 3.04. The summed E-state index contributed by atoms with van der Waals surface area (Å²) in [4.78, 5) is 11.8. The number of carbonyl (C=O) groups is 1. The topological polar surface area (TPSA) is 58.6 Å². The smallest absolute Gasteiger partial charge is 0.416 e. The molecule has 0 unspecified atom stereocenters. The number of nitrogens with one attached hydrogen (secondary N) is 1. The van der Waals surface area contributed by atoms with Crippen LogP contribution in [0.15, 0.2) is 24.3 Å². The van der Waals surface area contributed by atoms with Gasteiger partial charge in [0, 0.05) is 12.5 Å². The highest BCUT2D eigenvalue weighted by atomic mass is 19.4. The maximum absolute atomic E-state index is 12.6. The second kappa shape index (κ2) is 7.68. The van der Waals surface area contributed by atoms with E-state index in [1.807, 2.05) is 0 Å². The van der Waals surface area contributed by atoms with E-state index in [0.717, 1.165) is 37.8 Å². The van der Waals surface area contributed by atoms with Crippen molar-refractivity contribution in [3.05, 3.63) is 29.8 Å².